The number of fused-ring (bicyclic) bond motifs is 4. The molecule has 3 aromatic rings. The van der Waals surface area contributed by atoms with Crippen molar-refractivity contribution in [3.8, 4) is 0 Å². The van der Waals surface area contributed by atoms with E-state index in [1.165, 1.54) is 4.90 Å². The van der Waals surface area contributed by atoms with E-state index in [2.05, 4.69) is 15.3 Å². The van der Waals surface area contributed by atoms with Gasteiger partial charge in [0.05, 0.1) is 43.5 Å². The summed E-state index contributed by atoms with van der Waals surface area (Å²) in [4.78, 5) is 35.3. The molecule has 10 heteroatoms. The van der Waals surface area contributed by atoms with Crippen LogP contribution in [0.15, 0.2) is 18.2 Å². The zero-order valence-electron chi connectivity index (χ0n) is 21.9. The summed E-state index contributed by atoms with van der Waals surface area (Å²) < 4.78 is 32.1. The van der Waals surface area contributed by atoms with E-state index in [1.807, 2.05) is 6.07 Å². The Bertz CT molecular complexity index is 1460. The molecule has 38 heavy (non-hydrogen) atoms. The van der Waals surface area contributed by atoms with Gasteiger partial charge >= 0.3 is 6.09 Å². The van der Waals surface area contributed by atoms with Crippen molar-refractivity contribution in [2.45, 2.75) is 71.0 Å². The third-order valence-electron chi connectivity index (χ3n) is 7.26. The first-order valence-electron chi connectivity index (χ1n) is 12.9. The summed E-state index contributed by atoms with van der Waals surface area (Å²) in [5, 5.41) is 2.72. The number of hydrogen-bond donors (Lipinski definition) is 2. The van der Waals surface area contributed by atoms with Gasteiger partial charge in [-0.2, -0.15) is 0 Å². The van der Waals surface area contributed by atoms with Crippen LogP contribution in [-0.2, 0) is 34.0 Å². The van der Waals surface area contributed by atoms with Crippen LogP contribution >= 0.6 is 0 Å². The number of aromatic amines is 1. The molecular formula is C28H31FN4O5. The number of H-pyrrole nitrogens is 1. The first kappa shape index (κ1) is 24.8. The van der Waals surface area contributed by atoms with Crippen molar-refractivity contribution in [1.29, 1.82) is 0 Å². The standard InChI is InChI=1S/C28H31FN4O5/c1-28(2,3)38-27(35)32-25-18-12-37-11-17(18)24-20(31-25)9-21(30-24)26(34)33(4)22-13-36-10-16-7-15(14-5-6-14)8-19(29)23(16)22/h7-9,14,22,30H,5-6,10-13H2,1-4H3,(H,31,32,35)/t22-/m1/s1. The summed E-state index contributed by atoms with van der Waals surface area (Å²) in [5.74, 6) is 0.162. The molecule has 1 fully saturated rings. The molecule has 2 aromatic heterocycles. The highest BCUT2D eigenvalue weighted by Gasteiger charge is 2.34. The first-order valence-corrected chi connectivity index (χ1v) is 12.9. The highest BCUT2D eigenvalue weighted by atomic mass is 19.1. The van der Waals surface area contributed by atoms with E-state index >= 15 is 4.39 Å². The Morgan fingerprint density at radius 3 is 2.63 bits per heavy atom. The zero-order chi connectivity index (χ0) is 26.8. The van der Waals surface area contributed by atoms with E-state index in [4.69, 9.17) is 14.2 Å². The van der Waals surface area contributed by atoms with Gasteiger partial charge in [0.2, 0.25) is 0 Å². The third-order valence-corrected chi connectivity index (χ3v) is 7.26. The molecule has 4 heterocycles. The SMILES string of the molecule is CN(C(=O)c1cc2nc(NC(=O)OC(C)(C)C)c3c(c2[nH]1)COC3)[C@@H]1COCc2cc(C3CC3)cc(F)c21. The van der Waals surface area contributed by atoms with Crippen LogP contribution in [0.3, 0.4) is 0 Å². The molecule has 0 saturated heterocycles. The van der Waals surface area contributed by atoms with Gasteiger partial charge in [-0.1, -0.05) is 6.07 Å². The van der Waals surface area contributed by atoms with Crippen LogP contribution < -0.4 is 5.32 Å². The number of halogens is 1. The van der Waals surface area contributed by atoms with Crippen molar-refractivity contribution in [2.75, 3.05) is 19.0 Å². The Labute approximate surface area is 219 Å². The summed E-state index contributed by atoms with van der Waals surface area (Å²) >= 11 is 0. The van der Waals surface area contributed by atoms with Crippen molar-refractivity contribution in [3.63, 3.8) is 0 Å². The van der Waals surface area contributed by atoms with Crippen LogP contribution in [0.4, 0.5) is 15.0 Å². The molecular weight excluding hydrogens is 491 g/mol. The first-order chi connectivity index (χ1) is 18.1. The fraction of sp³-hybridized carbons (Fsp3) is 0.464. The van der Waals surface area contributed by atoms with Crippen LogP contribution in [0.2, 0.25) is 0 Å². The van der Waals surface area contributed by atoms with Crippen molar-refractivity contribution >= 4 is 28.9 Å². The molecule has 1 aliphatic carbocycles. The average Bonchev–Trinajstić information content (AvgIpc) is 3.42. The van der Waals surface area contributed by atoms with Gasteiger partial charge in [0, 0.05) is 23.7 Å². The maximum Gasteiger partial charge on any atom is 0.413 e. The lowest BCUT2D eigenvalue weighted by Crippen LogP contribution is -2.37. The molecule has 2 amide bonds. The second-order valence-electron chi connectivity index (χ2n) is 11.3. The largest absolute Gasteiger partial charge is 0.444 e. The Hall–Kier alpha value is -3.50. The van der Waals surface area contributed by atoms with Crippen molar-refractivity contribution in [1.82, 2.24) is 14.9 Å². The number of aromatic nitrogens is 2. The normalized spacial score (nSPS) is 18.7. The van der Waals surface area contributed by atoms with Gasteiger partial charge in [0.1, 0.15) is 22.9 Å². The minimum Gasteiger partial charge on any atom is -0.444 e. The second kappa shape index (κ2) is 9.06. The van der Waals surface area contributed by atoms with Crippen molar-refractivity contribution in [3.05, 3.63) is 57.5 Å². The molecule has 1 aromatic carbocycles. The van der Waals surface area contributed by atoms with Gasteiger partial charge in [0.15, 0.2) is 0 Å². The molecule has 0 radical (unpaired) electrons. The highest BCUT2D eigenvalue weighted by Crippen LogP contribution is 2.43. The Balaban J connectivity index is 1.30. The molecule has 3 aliphatic rings. The summed E-state index contributed by atoms with van der Waals surface area (Å²) in [5.41, 5.74) is 4.72. The number of benzene rings is 1. The number of nitrogens with zero attached hydrogens (tertiary/aromatic N) is 2. The predicted octanol–water partition coefficient (Wildman–Crippen LogP) is 5.30. The number of nitrogens with one attached hydrogen (secondary N) is 2. The molecule has 0 unspecified atom stereocenters. The van der Waals surface area contributed by atoms with Crippen molar-refractivity contribution in [2.24, 2.45) is 0 Å². The molecule has 9 nitrogen and oxygen atoms in total. The Morgan fingerprint density at radius 1 is 1.13 bits per heavy atom. The molecule has 2 aliphatic heterocycles. The molecule has 0 bridgehead atoms. The number of likely N-dealkylation sites (N-methyl/N-ethyl adjacent to an activating group) is 1. The fourth-order valence-electron chi connectivity index (χ4n) is 5.28. The van der Waals surface area contributed by atoms with E-state index in [0.29, 0.717) is 47.2 Å². The molecule has 6 rings (SSSR count). The maximum atomic E-state index is 15.3. The topological polar surface area (TPSA) is 106 Å². The van der Waals surface area contributed by atoms with Crippen LogP contribution in [0.25, 0.3) is 11.0 Å². The van der Waals surface area contributed by atoms with E-state index in [0.717, 1.165) is 35.1 Å². The van der Waals surface area contributed by atoms with Gasteiger partial charge in [0.25, 0.3) is 5.91 Å². The van der Waals surface area contributed by atoms with E-state index < -0.39 is 17.7 Å². The summed E-state index contributed by atoms with van der Waals surface area (Å²) in [7, 11) is 1.65. The summed E-state index contributed by atoms with van der Waals surface area (Å²) in [6, 6.07) is 4.72. The van der Waals surface area contributed by atoms with Crippen LogP contribution in [-0.4, -0.2) is 46.1 Å². The number of pyridine rings is 1. The predicted molar refractivity (Wildman–Crippen MR) is 137 cm³/mol. The lowest BCUT2D eigenvalue weighted by atomic mass is 9.93. The van der Waals surface area contributed by atoms with Gasteiger partial charge in [-0.3, -0.25) is 10.1 Å². The van der Waals surface area contributed by atoms with Crippen LogP contribution in [0, 0.1) is 5.82 Å². The van der Waals surface area contributed by atoms with Gasteiger partial charge in [-0.25, -0.2) is 14.2 Å². The molecule has 0 spiro atoms. The smallest absolute Gasteiger partial charge is 0.413 e. The zero-order valence-corrected chi connectivity index (χ0v) is 21.9. The average molecular weight is 523 g/mol. The number of anilines is 1. The van der Waals surface area contributed by atoms with Gasteiger partial charge in [-0.15, -0.1) is 0 Å². The summed E-state index contributed by atoms with van der Waals surface area (Å²) in [6.07, 6.45) is 1.55. The molecule has 1 saturated carbocycles. The number of carbonyl (C=O) groups is 2. The minimum atomic E-state index is -0.660. The van der Waals surface area contributed by atoms with Gasteiger partial charge < -0.3 is 24.1 Å². The molecule has 2 N–H and O–H groups in total. The van der Waals surface area contributed by atoms with E-state index in [1.54, 1.807) is 40.0 Å². The number of hydrogen-bond acceptors (Lipinski definition) is 6. The number of ether oxygens (including phenoxy) is 3. The highest BCUT2D eigenvalue weighted by molar-refractivity contribution is 5.99. The monoisotopic (exact) mass is 522 g/mol. The van der Waals surface area contributed by atoms with E-state index in [-0.39, 0.29) is 24.9 Å². The Kier molecular flexibility index (Phi) is 5.92. The number of amides is 2. The quantitative estimate of drug-likeness (QED) is 0.482. The fourth-order valence-corrected chi connectivity index (χ4v) is 5.28. The Morgan fingerprint density at radius 2 is 1.89 bits per heavy atom. The van der Waals surface area contributed by atoms with E-state index in [9.17, 15) is 9.59 Å². The number of carbonyl (C=O) groups excluding carboxylic acids is 2. The number of rotatable bonds is 4. The summed E-state index contributed by atoms with van der Waals surface area (Å²) in [6.45, 7) is 6.49. The minimum absolute atomic E-state index is 0.209. The lowest BCUT2D eigenvalue weighted by molar-refractivity contribution is 0.0329. The molecule has 200 valence electrons. The van der Waals surface area contributed by atoms with Crippen molar-refractivity contribution < 1.29 is 28.2 Å². The second-order valence-corrected chi connectivity index (χ2v) is 11.3. The molecule has 1 atom stereocenters. The van der Waals surface area contributed by atoms with Gasteiger partial charge in [-0.05, 0) is 62.8 Å². The van der Waals surface area contributed by atoms with Crippen LogP contribution in [0.1, 0.15) is 83.9 Å². The lowest BCUT2D eigenvalue weighted by Gasteiger charge is -2.33. The maximum absolute atomic E-state index is 15.3. The van der Waals surface area contributed by atoms with Crippen LogP contribution in [0.5, 0.6) is 0 Å². The third kappa shape index (κ3) is 4.52.